The SMILES string of the molecule is CSc1sc(C(=O)O)c(NC(=O)OC(C)(C)C)c1C#N. The minimum Gasteiger partial charge on any atom is -0.477 e. The molecule has 0 aliphatic carbocycles. The fraction of sp³-hybridized carbons (Fsp3) is 0.417. The van der Waals surface area contributed by atoms with Gasteiger partial charge in [0.15, 0.2) is 0 Å². The monoisotopic (exact) mass is 314 g/mol. The number of thioether (sulfide) groups is 1. The quantitative estimate of drug-likeness (QED) is 0.830. The van der Waals surface area contributed by atoms with Crippen LogP contribution in [0.25, 0.3) is 0 Å². The van der Waals surface area contributed by atoms with Gasteiger partial charge in [0.2, 0.25) is 0 Å². The van der Waals surface area contributed by atoms with Gasteiger partial charge < -0.3 is 9.84 Å². The van der Waals surface area contributed by atoms with E-state index in [4.69, 9.17) is 15.1 Å². The summed E-state index contributed by atoms with van der Waals surface area (Å²) in [6, 6.07) is 1.91. The number of carboxylic acids is 1. The molecule has 6 nitrogen and oxygen atoms in total. The van der Waals surface area contributed by atoms with E-state index < -0.39 is 17.7 Å². The Labute approximate surface area is 124 Å². The van der Waals surface area contributed by atoms with Crippen LogP contribution in [0.4, 0.5) is 10.5 Å². The highest BCUT2D eigenvalue weighted by Gasteiger charge is 2.25. The van der Waals surface area contributed by atoms with Crippen LogP contribution in [0.2, 0.25) is 0 Å². The smallest absolute Gasteiger partial charge is 0.412 e. The van der Waals surface area contributed by atoms with Crippen LogP contribution in [0.5, 0.6) is 0 Å². The molecule has 0 saturated carbocycles. The lowest BCUT2D eigenvalue weighted by Gasteiger charge is -2.19. The number of anilines is 1. The van der Waals surface area contributed by atoms with Crippen molar-refractivity contribution in [2.75, 3.05) is 11.6 Å². The molecular formula is C12H14N2O4S2. The van der Waals surface area contributed by atoms with Crippen LogP contribution in [-0.2, 0) is 4.74 Å². The van der Waals surface area contributed by atoms with Crippen molar-refractivity contribution in [3.05, 3.63) is 10.4 Å². The third-order valence-electron chi connectivity index (χ3n) is 1.99. The van der Waals surface area contributed by atoms with Crippen molar-refractivity contribution in [1.29, 1.82) is 5.26 Å². The van der Waals surface area contributed by atoms with Crippen molar-refractivity contribution >= 4 is 40.8 Å². The number of carbonyl (C=O) groups is 2. The van der Waals surface area contributed by atoms with Gasteiger partial charge in [-0.15, -0.1) is 23.1 Å². The lowest BCUT2D eigenvalue weighted by molar-refractivity contribution is 0.0636. The van der Waals surface area contributed by atoms with E-state index >= 15 is 0 Å². The van der Waals surface area contributed by atoms with E-state index in [1.165, 1.54) is 11.8 Å². The van der Waals surface area contributed by atoms with E-state index in [9.17, 15) is 9.59 Å². The molecule has 0 fully saturated rings. The van der Waals surface area contributed by atoms with Crippen LogP contribution in [0, 0.1) is 11.3 Å². The second kappa shape index (κ2) is 6.15. The Balaban J connectivity index is 3.16. The number of nitriles is 1. The zero-order valence-electron chi connectivity index (χ0n) is 11.4. The van der Waals surface area contributed by atoms with Gasteiger partial charge >= 0.3 is 12.1 Å². The summed E-state index contributed by atoms with van der Waals surface area (Å²) in [6.07, 6.45) is 0.942. The molecule has 0 aliphatic rings. The first kappa shape index (κ1) is 16.3. The lowest BCUT2D eigenvalue weighted by atomic mass is 10.2. The summed E-state index contributed by atoms with van der Waals surface area (Å²) in [5, 5.41) is 20.6. The van der Waals surface area contributed by atoms with Gasteiger partial charge in [-0.3, -0.25) is 5.32 Å². The molecule has 0 atom stereocenters. The van der Waals surface area contributed by atoms with Crippen molar-refractivity contribution in [2.24, 2.45) is 0 Å². The Hall–Kier alpha value is -1.72. The Morgan fingerprint density at radius 2 is 2.05 bits per heavy atom. The van der Waals surface area contributed by atoms with Crippen LogP contribution in [0.1, 0.15) is 36.0 Å². The van der Waals surface area contributed by atoms with Crippen LogP contribution in [-0.4, -0.2) is 29.0 Å². The number of rotatable bonds is 3. The summed E-state index contributed by atoms with van der Waals surface area (Å²) < 4.78 is 5.60. The summed E-state index contributed by atoms with van der Waals surface area (Å²) in [5.41, 5.74) is -0.576. The third-order valence-corrected chi connectivity index (χ3v) is 4.29. The molecule has 0 spiro atoms. The number of aromatic carboxylic acids is 1. The maximum atomic E-state index is 11.7. The predicted molar refractivity (Wildman–Crippen MR) is 77.6 cm³/mol. The summed E-state index contributed by atoms with van der Waals surface area (Å²) in [4.78, 5) is 22.8. The standard InChI is InChI=1S/C12H14N2O4S2/c1-12(2,3)18-11(17)14-7-6(5-13)10(19-4)20-8(7)9(15)16/h1-4H3,(H,14,17)(H,15,16). The van der Waals surface area contributed by atoms with Gasteiger partial charge in [0.1, 0.15) is 22.1 Å². The summed E-state index contributed by atoms with van der Waals surface area (Å²) in [6.45, 7) is 5.07. The number of carbonyl (C=O) groups excluding carboxylic acids is 1. The molecule has 1 heterocycles. The van der Waals surface area contributed by atoms with Crippen molar-refractivity contribution in [2.45, 2.75) is 30.6 Å². The molecule has 1 aromatic heterocycles. The van der Waals surface area contributed by atoms with Crippen molar-refractivity contribution in [3.63, 3.8) is 0 Å². The van der Waals surface area contributed by atoms with E-state index in [0.717, 1.165) is 11.3 Å². The van der Waals surface area contributed by atoms with E-state index in [0.29, 0.717) is 4.21 Å². The maximum absolute atomic E-state index is 11.7. The minimum atomic E-state index is -1.20. The zero-order valence-corrected chi connectivity index (χ0v) is 13.1. The molecule has 1 aromatic rings. The molecule has 2 N–H and O–H groups in total. The number of amides is 1. The molecule has 1 amide bonds. The largest absolute Gasteiger partial charge is 0.477 e. The van der Waals surface area contributed by atoms with Crippen LogP contribution in [0.3, 0.4) is 0 Å². The average Bonchev–Trinajstić information content (AvgIpc) is 2.64. The number of nitrogens with one attached hydrogen (secondary N) is 1. The van der Waals surface area contributed by atoms with Gasteiger partial charge in [-0.1, -0.05) is 0 Å². The normalized spacial score (nSPS) is 10.8. The summed E-state index contributed by atoms with van der Waals surface area (Å²) >= 11 is 2.20. The number of hydrogen-bond donors (Lipinski definition) is 2. The van der Waals surface area contributed by atoms with Gasteiger partial charge in [0, 0.05) is 0 Å². The predicted octanol–water partition coefficient (Wildman–Crippen LogP) is 3.39. The van der Waals surface area contributed by atoms with Gasteiger partial charge in [0.25, 0.3) is 0 Å². The number of ether oxygens (including phenoxy) is 1. The molecule has 1 rings (SSSR count). The maximum Gasteiger partial charge on any atom is 0.412 e. The highest BCUT2D eigenvalue weighted by molar-refractivity contribution is 8.00. The second-order valence-corrected chi connectivity index (χ2v) is 6.81. The highest BCUT2D eigenvalue weighted by Crippen LogP contribution is 2.38. The first-order valence-electron chi connectivity index (χ1n) is 5.53. The molecule has 0 bridgehead atoms. The number of thiophene rings is 1. The van der Waals surface area contributed by atoms with Gasteiger partial charge in [-0.05, 0) is 27.0 Å². The van der Waals surface area contributed by atoms with Gasteiger partial charge in [0.05, 0.1) is 9.90 Å². The molecule has 108 valence electrons. The first-order valence-corrected chi connectivity index (χ1v) is 7.58. The number of hydrogen-bond acceptors (Lipinski definition) is 6. The Morgan fingerprint density at radius 3 is 2.45 bits per heavy atom. The van der Waals surface area contributed by atoms with Crippen LogP contribution >= 0.6 is 23.1 Å². The Kier molecular flexibility index (Phi) is 5.03. The average molecular weight is 314 g/mol. The van der Waals surface area contributed by atoms with Gasteiger partial charge in [-0.25, -0.2) is 9.59 Å². The van der Waals surface area contributed by atoms with Crippen LogP contribution < -0.4 is 5.32 Å². The zero-order chi connectivity index (χ0) is 15.5. The lowest BCUT2D eigenvalue weighted by Crippen LogP contribution is -2.27. The second-order valence-electron chi connectivity index (χ2n) is 4.72. The molecular weight excluding hydrogens is 300 g/mol. The number of nitrogens with zero attached hydrogens (tertiary/aromatic N) is 1. The molecule has 20 heavy (non-hydrogen) atoms. The van der Waals surface area contributed by atoms with Crippen molar-refractivity contribution in [1.82, 2.24) is 0 Å². The molecule has 0 aliphatic heterocycles. The van der Waals surface area contributed by atoms with Crippen LogP contribution in [0.15, 0.2) is 4.21 Å². The fourth-order valence-electron chi connectivity index (χ4n) is 1.33. The third kappa shape index (κ3) is 3.88. The molecule has 0 unspecified atom stereocenters. The molecule has 0 aromatic carbocycles. The van der Waals surface area contributed by atoms with E-state index in [2.05, 4.69) is 5.32 Å². The van der Waals surface area contributed by atoms with E-state index in [1.807, 2.05) is 6.07 Å². The van der Waals surface area contributed by atoms with E-state index in [-0.39, 0.29) is 16.1 Å². The van der Waals surface area contributed by atoms with Crippen molar-refractivity contribution in [3.8, 4) is 6.07 Å². The van der Waals surface area contributed by atoms with E-state index in [1.54, 1.807) is 27.0 Å². The molecule has 8 heteroatoms. The first-order chi connectivity index (χ1) is 9.19. The highest BCUT2D eigenvalue weighted by atomic mass is 32.2. The Bertz CT molecular complexity index is 582. The Morgan fingerprint density at radius 1 is 1.45 bits per heavy atom. The summed E-state index contributed by atoms with van der Waals surface area (Å²) in [7, 11) is 0. The number of carboxylic acid groups (broad SMARTS) is 1. The summed E-state index contributed by atoms with van der Waals surface area (Å²) in [5.74, 6) is -1.20. The van der Waals surface area contributed by atoms with Crippen molar-refractivity contribution < 1.29 is 19.4 Å². The molecule has 0 radical (unpaired) electrons. The van der Waals surface area contributed by atoms with Gasteiger partial charge in [-0.2, -0.15) is 5.26 Å². The molecule has 0 saturated heterocycles. The topological polar surface area (TPSA) is 99.4 Å². The minimum absolute atomic E-state index is 0.0106. The fourth-order valence-corrected chi connectivity index (χ4v) is 3.04.